The molecule has 1 aromatic carbocycles. The average molecular weight is 400 g/mol. The van der Waals surface area contributed by atoms with E-state index in [1.165, 1.54) is 28.8 Å². The Bertz CT molecular complexity index is 1330. The highest BCUT2D eigenvalue weighted by atomic mass is 32.2. The zero-order chi connectivity index (χ0) is 19.2. The van der Waals surface area contributed by atoms with Crippen molar-refractivity contribution in [3.63, 3.8) is 0 Å². The van der Waals surface area contributed by atoms with Crippen LogP contribution in [0, 0.1) is 6.92 Å². The number of fused-ring (bicyclic) bond motifs is 2. The number of aromatic amines is 1. The molecular formula is C18H16N4O3S2. The first kappa shape index (κ1) is 17.8. The number of nitrogens with zero attached hydrogens (tertiary/aromatic N) is 3. The zero-order valence-corrected chi connectivity index (χ0v) is 16.3. The lowest BCUT2D eigenvalue weighted by atomic mass is 10.2. The van der Waals surface area contributed by atoms with Crippen molar-refractivity contribution in [3.8, 4) is 0 Å². The molecule has 0 bridgehead atoms. The lowest BCUT2D eigenvalue weighted by molar-refractivity contribution is 0.457. The van der Waals surface area contributed by atoms with E-state index < -0.39 is 10.0 Å². The van der Waals surface area contributed by atoms with Crippen molar-refractivity contribution >= 4 is 42.5 Å². The number of nitrogens with one attached hydrogen (secondary N) is 1. The maximum Gasteiger partial charge on any atom is 0.268 e. The molecule has 1 N–H and O–H groups in total. The van der Waals surface area contributed by atoms with Crippen molar-refractivity contribution in [1.82, 2.24) is 19.3 Å². The summed E-state index contributed by atoms with van der Waals surface area (Å²) in [5.41, 5.74) is 1.67. The third-order valence-corrected chi connectivity index (χ3v) is 6.97. The molecule has 3 aromatic heterocycles. The van der Waals surface area contributed by atoms with Crippen LogP contribution in [0.2, 0.25) is 0 Å². The van der Waals surface area contributed by atoms with Crippen LogP contribution in [0.3, 0.4) is 0 Å². The number of pyridine rings is 1. The van der Waals surface area contributed by atoms with Crippen LogP contribution >= 0.6 is 11.3 Å². The predicted octanol–water partition coefficient (Wildman–Crippen LogP) is 2.66. The molecule has 0 atom stereocenters. The maximum atomic E-state index is 13.1. The molecule has 0 aliphatic rings. The fourth-order valence-corrected chi connectivity index (χ4v) is 4.93. The Kier molecular flexibility index (Phi) is 4.29. The Labute approximate surface area is 159 Å². The molecule has 0 saturated carbocycles. The number of hydrogen-bond acceptors (Lipinski definition) is 6. The number of aryl methyl sites for hydroxylation is 1. The minimum Gasteiger partial charge on any atom is -0.308 e. The van der Waals surface area contributed by atoms with E-state index in [0.29, 0.717) is 21.6 Å². The molecule has 0 aliphatic heterocycles. The van der Waals surface area contributed by atoms with Crippen molar-refractivity contribution in [1.29, 1.82) is 0 Å². The topological polar surface area (TPSA) is 96.0 Å². The maximum absolute atomic E-state index is 13.1. The van der Waals surface area contributed by atoms with Crippen molar-refractivity contribution in [2.24, 2.45) is 0 Å². The van der Waals surface area contributed by atoms with E-state index in [4.69, 9.17) is 0 Å². The molecule has 4 rings (SSSR count). The van der Waals surface area contributed by atoms with Gasteiger partial charge in [0.2, 0.25) is 10.0 Å². The van der Waals surface area contributed by atoms with Gasteiger partial charge in [-0.15, -0.1) is 11.3 Å². The largest absolute Gasteiger partial charge is 0.308 e. The van der Waals surface area contributed by atoms with Gasteiger partial charge in [0.15, 0.2) is 0 Å². The van der Waals surface area contributed by atoms with E-state index in [9.17, 15) is 13.2 Å². The summed E-state index contributed by atoms with van der Waals surface area (Å²) in [6.07, 6.45) is 1.64. The molecule has 0 saturated heterocycles. The van der Waals surface area contributed by atoms with Gasteiger partial charge in [0, 0.05) is 18.6 Å². The molecule has 4 aromatic rings. The number of rotatable bonds is 4. The van der Waals surface area contributed by atoms with Gasteiger partial charge in [-0.2, -0.15) is 4.31 Å². The Morgan fingerprint density at radius 2 is 2.07 bits per heavy atom. The fraction of sp³-hybridized carbons (Fsp3) is 0.167. The highest BCUT2D eigenvalue weighted by molar-refractivity contribution is 7.89. The van der Waals surface area contributed by atoms with Crippen molar-refractivity contribution < 1.29 is 8.42 Å². The van der Waals surface area contributed by atoms with E-state index in [0.717, 1.165) is 10.9 Å². The summed E-state index contributed by atoms with van der Waals surface area (Å²) < 4.78 is 27.9. The van der Waals surface area contributed by atoms with Gasteiger partial charge in [-0.3, -0.25) is 9.78 Å². The third kappa shape index (κ3) is 3.14. The van der Waals surface area contributed by atoms with Crippen molar-refractivity contribution in [2.75, 3.05) is 7.05 Å². The van der Waals surface area contributed by atoms with Gasteiger partial charge < -0.3 is 4.98 Å². The minimum atomic E-state index is -3.82. The van der Waals surface area contributed by atoms with Crippen LogP contribution < -0.4 is 5.56 Å². The van der Waals surface area contributed by atoms with Gasteiger partial charge in [-0.05, 0) is 36.1 Å². The molecule has 27 heavy (non-hydrogen) atoms. The number of H-pyrrole nitrogens is 1. The zero-order valence-electron chi connectivity index (χ0n) is 14.6. The first-order valence-corrected chi connectivity index (χ1v) is 10.5. The van der Waals surface area contributed by atoms with Crippen molar-refractivity contribution in [2.45, 2.75) is 18.4 Å². The molecule has 0 radical (unpaired) electrons. The predicted molar refractivity (Wildman–Crippen MR) is 105 cm³/mol. The summed E-state index contributed by atoms with van der Waals surface area (Å²) in [6, 6.07) is 8.70. The van der Waals surface area contributed by atoms with Gasteiger partial charge in [0.05, 0.1) is 17.6 Å². The normalized spacial score (nSPS) is 12.3. The summed E-state index contributed by atoms with van der Waals surface area (Å²) >= 11 is 1.30. The van der Waals surface area contributed by atoms with Crippen LogP contribution in [0.5, 0.6) is 0 Å². The number of thiophene rings is 1. The number of benzene rings is 1. The first-order valence-electron chi connectivity index (χ1n) is 8.14. The summed E-state index contributed by atoms with van der Waals surface area (Å²) in [5, 5.41) is 2.54. The standard InChI is InChI=1S/C18H16N4O3S2/c1-11-8-12-4-3-5-14(16(12)19-9-11)27(24,25)22(2)10-15-20-13-6-7-26-17(13)18(23)21-15/h3-9H,10H2,1-2H3,(H,20,21,23). The molecule has 138 valence electrons. The van der Waals surface area contributed by atoms with Gasteiger partial charge in [0.25, 0.3) is 5.56 Å². The SMILES string of the molecule is Cc1cnc2c(S(=O)(=O)N(C)Cc3nc4ccsc4c(=O)[nH]3)cccc2c1. The van der Waals surface area contributed by atoms with Gasteiger partial charge in [0.1, 0.15) is 15.4 Å². The molecular weight excluding hydrogens is 384 g/mol. The van der Waals surface area contributed by atoms with E-state index in [1.807, 2.05) is 19.1 Å². The summed E-state index contributed by atoms with van der Waals surface area (Å²) in [7, 11) is -2.36. The van der Waals surface area contributed by atoms with Crippen LogP contribution in [0.25, 0.3) is 21.1 Å². The molecule has 0 fully saturated rings. The minimum absolute atomic E-state index is 0.0500. The Hall–Kier alpha value is -2.62. The van der Waals surface area contributed by atoms with Gasteiger partial charge in [-0.25, -0.2) is 13.4 Å². The van der Waals surface area contributed by atoms with Gasteiger partial charge in [-0.1, -0.05) is 12.1 Å². The summed E-state index contributed by atoms with van der Waals surface area (Å²) in [5.74, 6) is 0.293. The lowest BCUT2D eigenvalue weighted by Gasteiger charge is -2.17. The molecule has 7 nitrogen and oxygen atoms in total. The van der Waals surface area contributed by atoms with E-state index in [-0.39, 0.29) is 17.0 Å². The molecule has 0 aliphatic carbocycles. The summed E-state index contributed by atoms with van der Waals surface area (Å²) in [6.45, 7) is 1.86. The summed E-state index contributed by atoms with van der Waals surface area (Å²) in [4.78, 5) is 23.5. The molecule has 0 amide bonds. The Morgan fingerprint density at radius 1 is 1.26 bits per heavy atom. The van der Waals surface area contributed by atoms with Crippen LogP contribution in [0.15, 0.2) is 51.6 Å². The lowest BCUT2D eigenvalue weighted by Crippen LogP contribution is -2.28. The van der Waals surface area contributed by atoms with E-state index in [2.05, 4.69) is 15.0 Å². The smallest absolute Gasteiger partial charge is 0.268 e. The Balaban J connectivity index is 1.74. The highest BCUT2D eigenvalue weighted by Gasteiger charge is 2.25. The molecule has 9 heteroatoms. The monoisotopic (exact) mass is 400 g/mol. The first-order chi connectivity index (χ1) is 12.9. The molecule has 3 heterocycles. The van der Waals surface area contributed by atoms with Crippen molar-refractivity contribution in [3.05, 3.63) is 63.7 Å². The second-order valence-corrected chi connectivity index (χ2v) is 9.18. The number of aromatic nitrogens is 3. The fourth-order valence-electron chi connectivity index (χ4n) is 2.91. The van der Waals surface area contributed by atoms with Crippen LogP contribution in [0.4, 0.5) is 0 Å². The second kappa shape index (κ2) is 6.52. The van der Waals surface area contributed by atoms with E-state index in [1.54, 1.807) is 23.7 Å². The quantitative estimate of drug-likeness (QED) is 0.568. The Morgan fingerprint density at radius 3 is 2.89 bits per heavy atom. The molecule has 0 spiro atoms. The number of hydrogen-bond donors (Lipinski definition) is 1. The van der Waals surface area contributed by atoms with Crippen LogP contribution in [-0.2, 0) is 16.6 Å². The van der Waals surface area contributed by atoms with Gasteiger partial charge >= 0.3 is 0 Å². The van der Waals surface area contributed by atoms with Crippen LogP contribution in [0.1, 0.15) is 11.4 Å². The number of sulfonamides is 1. The third-order valence-electron chi connectivity index (χ3n) is 4.24. The van der Waals surface area contributed by atoms with Crippen LogP contribution in [-0.4, -0.2) is 34.7 Å². The second-order valence-electron chi connectivity index (χ2n) is 6.25. The number of para-hydroxylation sites is 1. The van der Waals surface area contributed by atoms with E-state index >= 15 is 0 Å². The molecule has 0 unspecified atom stereocenters. The highest BCUT2D eigenvalue weighted by Crippen LogP contribution is 2.25. The average Bonchev–Trinajstić information content (AvgIpc) is 3.10.